The maximum atomic E-state index is 11.7. The Morgan fingerprint density at radius 2 is 2.19 bits per heavy atom. The smallest absolute Gasteiger partial charge is 0.254 e. The Balaban J connectivity index is 1.80. The van der Waals surface area contributed by atoms with Gasteiger partial charge in [-0.05, 0) is 17.7 Å². The molecule has 0 spiro atoms. The van der Waals surface area contributed by atoms with Crippen molar-refractivity contribution in [1.29, 1.82) is 0 Å². The van der Waals surface area contributed by atoms with Crippen LogP contribution in [0.4, 0.5) is 17.5 Å². The van der Waals surface area contributed by atoms with Gasteiger partial charge >= 0.3 is 0 Å². The van der Waals surface area contributed by atoms with E-state index in [0.29, 0.717) is 18.3 Å². The second kappa shape index (κ2) is 7.51. The lowest BCUT2D eigenvalue weighted by Gasteiger charge is -2.11. The molecule has 9 nitrogen and oxygen atoms in total. The molecule has 0 bridgehead atoms. The molecule has 2 aromatic heterocycles. The molecule has 1 aromatic carbocycles. The lowest BCUT2D eigenvalue weighted by atomic mass is 10.2. The van der Waals surface area contributed by atoms with E-state index in [1.165, 1.54) is 6.20 Å². The lowest BCUT2D eigenvalue weighted by molar-refractivity contribution is 0.100. The van der Waals surface area contributed by atoms with Crippen LogP contribution >= 0.6 is 0 Å². The number of primary amides is 1. The number of methoxy groups -OCH3 is 1. The van der Waals surface area contributed by atoms with Crippen molar-refractivity contribution >= 4 is 23.4 Å². The van der Waals surface area contributed by atoms with Gasteiger partial charge in [0.15, 0.2) is 0 Å². The van der Waals surface area contributed by atoms with Gasteiger partial charge in [-0.1, -0.05) is 12.1 Å². The predicted octanol–water partition coefficient (Wildman–Crippen LogP) is 1.67. The molecule has 0 radical (unpaired) electrons. The minimum absolute atomic E-state index is 0.213. The summed E-state index contributed by atoms with van der Waals surface area (Å²) in [6.45, 7) is 0.445. The fourth-order valence-electron chi connectivity index (χ4n) is 2.34. The molecule has 1 amide bonds. The fourth-order valence-corrected chi connectivity index (χ4v) is 2.34. The number of nitrogens with one attached hydrogen (secondary N) is 2. The lowest BCUT2D eigenvalue weighted by Crippen LogP contribution is -2.17. The van der Waals surface area contributed by atoms with Crippen LogP contribution in [0.15, 0.2) is 42.9 Å². The van der Waals surface area contributed by atoms with Gasteiger partial charge in [0.2, 0.25) is 5.95 Å². The van der Waals surface area contributed by atoms with Crippen molar-refractivity contribution in [3.05, 3.63) is 54.0 Å². The van der Waals surface area contributed by atoms with Gasteiger partial charge < -0.3 is 21.1 Å². The molecular formula is C17H19N7O2. The number of hydrogen-bond acceptors (Lipinski definition) is 7. The van der Waals surface area contributed by atoms with Crippen LogP contribution < -0.4 is 21.1 Å². The zero-order chi connectivity index (χ0) is 18.5. The predicted molar refractivity (Wildman–Crippen MR) is 97.4 cm³/mol. The molecule has 0 saturated carbocycles. The molecule has 9 heteroatoms. The largest absolute Gasteiger partial charge is 0.497 e. The van der Waals surface area contributed by atoms with E-state index in [9.17, 15) is 4.79 Å². The molecule has 134 valence electrons. The van der Waals surface area contributed by atoms with E-state index in [2.05, 4.69) is 25.7 Å². The first-order chi connectivity index (χ1) is 12.5. The number of aromatic nitrogens is 4. The summed E-state index contributed by atoms with van der Waals surface area (Å²) in [6.07, 6.45) is 4.82. The summed E-state index contributed by atoms with van der Waals surface area (Å²) in [4.78, 5) is 20.1. The van der Waals surface area contributed by atoms with Gasteiger partial charge in [-0.25, -0.2) is 4.98 Å². The summed E-state index contributed by atoms with van der Waals surface area (Å²) < 4.78 is 6.87. The number of ether oxygens (including phenoxy) is 1. The third kappa shape index (κ3) is 4.07. The van der Waals surface area contributed by atoms with Gasteiger partial charge in [-0.3, -0.25) is 9.48 Å². The van der Waals surface area contributed by atoms with Gasteiger partial charge in [0.1, 0.15) is 11.6 Å². The Bertz CT molecular complexity index is 923. The van der Waals surface area contributed by atoms with Gasteiger partial charge in [0.05, 0.1) is 24.6 Å². The molecule has 0 fully saturated rings. The Kier molecular flexibility index (Phi) is 4.97. The summed E-state index contributed by atoms with van der Waals surface area (Å²) in [5, 5.41) is 10.2. The molecule has 0 atom stereocenters. The molecule has 3 rings (SSSR count). The molecule has 4 N–H and O–H groups in total. The molecule has 0 unspecified atom stereocenters. The maximum absolute atomic E-state index is 11.7. The van der Waals surface area contributed by atoms with E-state index < -0.39 is 5.91 Å². The highest BCUT2D eigenvalue weighted by Gasteiger charge is 2.12. The average Bonchev–Trinajstić information content (AvgIpc) is 3.04. The van der Waals surface area contributed by atoms with Gasteiger partial charge in [-0.2, -0.15) is 10.1 Å². The number of amides is 1. The summed E-state index contributed by atoms with van der Waals surface area (Å²) in [6, 6.07) is 7.58. The van der Waals surface area contributed by atoms with E-state index in [4.69, 9.17) is 10.5 Å². The zero-order valence-corrected chi connectivity index (χ0v) is 14.4. The van der Waals surface area contributed by atoms with Crippen molar-refractivity contribution in [2.24, 2.45) is 12.8 Å². The second-order valence-corrected chi connectivity index (χ2v) is 5.55. The first-order valence-electron chi connectivity index (χ1n) is 7.84. The van der Waals surface area contributed by atoms with Crippen LogP contribution in [0.2, 0.25) is 0 Å². The summed E-state index contributed by atoms with van der Waals surface area (Å²) >= 11 is 0. The monoisotopic (exact) mass is 353 g/mol. The summed E-state index contributed by atoms with van der Waals surface area (Å²) in [5.74, 6) is 0.824. The molecule has 0 saturated heterocycles. The molecule has 26 heavy (non-hydrogen) atoms. The minimum Gasteiger partial charge on any atom is -0.497 e. The van der Waals surface area contributed by atoms with Gasteiger partial charge in [0, 0.05) is 26.0 Å². The minimum atomic E-state index is -0.605. The van der Waals surface area contributed by atoms with E-state index >= 15 is 0 Å². The molecular weight excluding hydrogens is 334 g/mol. The van der Waals surface area contributed by atoms with Crippen LogP contribution in [-0.2, 0) is 13.6 Å². The van der Waals surface area contributed by atoms with Crippen molar-refractivity contribution in [1.82, 2.24) is 19.7 Å². The number of aryl methyl sites for hydroxylation is 1. The SMILES string of the molecule is COc1cccc(CNc2nc(Nc3cnn(C)c3)ncc2C(N)=O)c1. The number of nitrogens with two attached hydrogens (primary N) is 1. The van der Waals surface area contributed by atoms with Crippen LogP contribution in [0.3, 0.4) is 0 Å². The van der Waals surface area contributed by atoms with E-state index in [-0.39, 0.29) is 5.56 Å². The second-order valence-electron chi connectivity index (χ2n) is 5.55. The summed E-state index contributed by atoms with van der Waals surface area (Å²) in [7, 11) is 3.42. The van der Waals surface area contributed by atoms with E-state index in [1.807, 2.05) is 31.3 Å². The van der Waals surface area contributed by atoms with Crippen molar-refractivity contribution in [2.75, 3.05) is 17.7 Å². The molecule has 0 aliphatic rings. The molecule has 2 heterocycles. The number of rotatable bonds is 7. The Morgan fingerprint density at radius 1 is 1.35 bits per heavy atom. The third-order valence-corrected chi connectivity index (χ3v) is 3.61. The standard InChI is InChI=1S/C17H19N7O2/c1-24-10-12(8-21-24)22-17-20-9-14(15(18)25)16(23-17)19-7-11-4-3-5-13(6-11)26-2/h3-6,8-10H,7H2,1-2H3,(H2,18,25)(H2,19,20,22,23). The van der Waals surface area contributed by atoms with E-state index in [1.54, 1.807) is 24.2 Å². The Morgan fingerprint density at radius 3 is 2.88 bits per heavy atom. The quantitative estimate of drug-likeness (QED) is 0.591. The summed E-state index contributed by atoms with van der Waals surface area (Å²) in [5.41, 5.74) is 7.34. The van der Waals surface area contributed by atoms with Crippen LogP contribution in [-0.4, -0.2) is 32.8 Å². The Hall–Kier alpha value is -3.62. The van der Waals surface area contributed by atoms with Crippen molar-refractivity contribution in [3.8, 4) is 5.75 Å². The maximum Gasteiger partial charge on any atom is 0.254 e. The first-order valence-corrected chi connectivity index (χ1v) is 7.84. The highest BCUT2D eigenvalue weighted by Crippen LogP contribution is 2.19. The zero-order valence-electron chi connectivity index (χ0n) is 14.4. The van der Waals surface area contributed by atoms with Crippen LogP contribution in [0, 0.1) is 0 Å². The number of hydrogen-bond donors (Lipinski definition) is 3. The van der Waals surface area contributed by atoms with Crippen LogP contribution in [0.1, 0.15) is 15.9 Å². The first kappa shape index (κ1) is 17.2. The number of carbonyl (C=O) groups excluding carboxylic acids is 1. The van der Waals surface area contributed by atoms with Crippen LogP contribution in [0.25, 0.3) is 0 Å². The number of carbonyl (C=O) groups is 1. The number of benzene rings is 1. The van der Waals surface area contributed by atoms with E-state index in [0.717, 1.165) is 17.0 Å². The average molecular weight is 353 g/mol. The highest BCUT2D eigenvalue weighted by molar-refractivity contribution is 5.97. The molecule has 3 aromatic rings. The van der Waals surface area contributed by atoms with Crippen molar-refractivity contribution in [2.45, 2.75) is 6.54 Å². The fraction of sp³-hybridized carbons (Fsp3) is 0.176. The van der Waals surface area contributed by atoms with Gasteiger partial charge in [0.25, 0.3) is 5.91 Å². The highest BCUT2D eigenvalue weighted by atomic mass is 16.5. The normalized spacial score (nSPS) is 10.4. The molecule has 0 aliphatic carbocycles. The van der Waals surface area contributed by atoms with Crippen molar-refractivity contribution in [3.63, 3.8) is 0 Å². The van der Waals surface area contributed by atoms with Gasteiger partial charge in [-0.15, -0.1) is 0 Å². The van der Waals surface area contributed by atoms with Crippen LogP contribution in [0.5, 0.6) is 5.75 Å². The topological polar surface area (TPSA) is 120 Å². The third-order valence-electron chi connectivity index (χ3n) is 3.61. The Labute approximate surface area is 150 Å². The number of anilines is 3. The number of nitrogens with zero attached hydrogens (tertiary/aromatic N) is 4. The molecule has 0 aliphatic heterocycles. The van der Waals surface area contributed by atoms with Crippen molar-refractivity contribution < 1.29 is 9.53 Å².